The molecule has 30 heavy (non-hydrogen) atoms. The molecule has 1 fully saturated rings. The van der Waals surface area contributed by atoms with Gasteiger partial charge in [0.15, 0.2) is 5.11 Å². The molecule has 3 aromatic rings. The lowest BCUT2D eigenvalue weighted by molar-refractivity contribution is 0.0600. The molecule has 1 saturated heterocycles. The molecule has 0 aliphatic carbocycles. The molecule has 1 aliphatic rings. The first-order chi connectivity index (χ1) is 14.6. The van der Waals surface area contributed by atoms with Crippen LogP contribution in [0.4, 0.5) is 0 Å². The Morgan fingerprint density at radius 3 is 2.67 bits per heavy atom. The Kier molecular flexibility index (Phi) is 5.78. The molecule has 154 valence electrons. The number of hydrogen-bond donors (Lipinski definition) is 2. The van der Waals surface area contributed by atoms with Crippen LogP contribution in [0.3, 0.4) is 0 Å². The smallest absolute Gasteiger partial charge is 0.337 e. The van der Waals surface area contributed by atoms with Crippen LogP contribution in [0.2, 0.25) is 0 Å². The van der Waals surface area contributed by atoms with Crippen molar-refractivity contribution in [2.45, 2.75) is 12.1 Å². The number of nitrogens with one attached hydrogen (secondary N) is 1. The van der Waals surface area contributed by atoms with Crippen molar-refractivity contribution in [1.29, 1.82) is 0 Å². The van der Waals surface area contributed by atoms with Gasteiger partial charge in [-0.05, 0) is 60.7 Å². The minimum absolute atomic E-state index is 0.0121. The Labute approximate surface area is 179 Å². The predicted octanol–water partition coefficient (Wildman–Crippen LogP) is 2.62. The summed E-state index contributed by atoms with van der Waals surface area (Å²) in [6.07, 6.45) is 3.73. The van der Waals surface area contributed by atoms with Gasteiger partial charge in [0, 0.05) is 30.3 Å². The first kappa shape index (κ1) is 20.1. The number of methoxy groups -OCH3 is 1. The van der Waals surface area contributed by atoms with Crippen molar-refractivity contribution in [2.75, 3.05) is 20.3 Å². The normalized spacial score (nSPS) is 18.3. The van der Waals surface area contributed by atoms with E-state index >= 15 is 0 Å². The molecule has 8 heteroatoms. The van der Waals surface area contributed by atoms with Gasteiger partial charge in [-0.1, -0.05) is 6.07 Å². The number of carbonyl (C=O) groups excluding carboxylic acids is 1. The summed E-state index contributed by atoms with van der Waals surface area (Å²) in [5.74, 6) is -0.371. The van der Waals surface area contributed by atoms with Crippen molar-refractivity contribution in [3.63, 3.8) is 0 Å². The van der Waals surface area contributed by atoms with Crippen LogP contribution in [-0.2, 0) is 4.74 Å². The number of nitrogens with zero attached hydrogens (tertiary/aromatic N) is 3. The second-order valence-electron chi connectivity index (χ2n) is 6.89. The lowest BCUT2D eigenvalue weighted by Crippen LogP contribution is -2.32. The van der Waals surface area contributed by atoms with Crippen LogP contribution < -0.4 is 5.32 Å². The third-order valence-corrected chi connectivity index (χ3v) is 5.54. The van der Waals surface area contributed by atoms with E-state index in [2.05, 4.69) is 14.9 Å². The molecule has 0 unspecified atom stereocenters. The summed E-state index contributed by atoms with van der Waals surface area (Å²) in [6, 6.07) is 16.7. The third kappa shape index (κ3) is 3.67. The van der Waals surface area contributed by atoms with Gasteiger partial charge >= 0.3 is 5.97 Å². The average Bonchev–Trinajstić information content (AvgIpc) is 3.39. The maximum atomic E-state index is 11.7. The van der Waals surface area contributed by atoms with Crippen molar-refractivity contribution in [1.82, 2.24) is 19.8 Å². The van der Waals surface area contributed by atoms with Gasteiger partial charge in [0.25, 0.3) is 0 Å². The van der Waals surface area contributed by atoms with Crippen molar-refractivity contribution >= 4 is 23.3 Å². The number of aliphatic hydroxyl groups excluding tert-OH is 1. The van der Waals surface area contributed by atoms with Crippen molar-refractivity contribution < 1.29 is 14.6 Å². The van der Waals surface area contributed by atoms with Crippen LogP contribution in [-0.4, -0.2) is 50.9 Å². The maximum absolute atomic E-state index is 11.7. The van der Waals surface area contributed by atoms with Crippen LogP contribution in [0.15, 0.2) is 67.0 Å². The van der Waals surface area contributed by atoms with Gasteiger partial charge in [-0.2, -0.15) is 0 Å². The molecule has 0 bridgehead atoms. The summed E-state index contributed by atoms with van der Waals surface area (Å²) >= 11 is 5.57. The van der Waals surface area contributed by atoms with E-state index in [9.17, 15) is 9.90 Å². The van der Waals surface area contributed by atoms with E-state index in [1.54, 1.807) is 18.3 Å². The van der Waals surface area contributed by atoms with Crippen molar-refractivity contribution in [2.24, 2.45) is 0 Å². The van der Waals surface area contributed by atoms with E-state index in [-0.39, 0.29) is 24.7 Å². The van der Waals surface area contributed by atoms with Gasteiger partial charge in [0.2, 0.25) is 0 Å². The lowest BCUT2D eigenvalue weighted by Gasteiger charge is -2.28. The van der Waals surface area contributed by atoms with Gasteiger partial charge in [0.05, 0.1) is 37.1 Å². The molecule has 0 amide bonds. The zero-order valence-electron chi connectivity index (χ0n) is 16.4. The second kappa shape index (κ2) is 8.64. The molecule has 2 N–H and O–H groups in total. The average molecular weight is 423 g/mol. The Balaban J connectivity index is 1.75. The fourth-order valence-corrected chi connectivity index (χ4v) is 4.15. The van der Waals surface area contributed by atoms with Gasteiger partial charge in [-0.3, -0.25) is 4.98 Å². The Bertz CT molecular complexity index is 1040. The SMILES string of the molecule is COC(=O)c1ccc(-n2cccc2[C@H]2[C@H](c3ccccn3)NC(=S)N2CCO)cc1. The molecule has 1 aliphatic heterocycles. The quantitative estimate of drug-likeness (QED) is 0.467. The monoisotopic (exact) mass is 422 g/mol. The first-order valence-corrected chi connectivity index (χ1v) is 10.00. The number of thiocarbonyl (C=S) groups is 1. The van der Waals surface area contributed by atoms with Gasteiger partial charge in [-0.25, -0.2) is 4.79 Å². The van der Waals surface area contributed by atoms with Gasteiger partial charge in [0.1, 0.15) is 0 Å². The molecule has 1 aromatic carbocycles. The molecule has 7 nitrogen and oxygen atoms in total. The van der Waals surface area contributed by atoms with Crippen LogP contribution in [0, 0.1) is 0 Å². The molecule has 4 rings (SSSR count). The van der Waals surface area contributed by atoms with E-state index in [0.717, 1.165) is 17.1 Å². The summed E-state index contributed by atoms with van der Waals surface area (Å²) in [6.45, 7) is 0.397. The van der Waals surface area contributed by atoms with E-state index in [1.165, 1.54) is 7.11 Å². The molecular formula is C22H22N4O3S. The highest BCUT2D eigenvalue weighted by Gasteiger charge is 2.40. The summed E-state index contributed by atoms with van der Waals surface area (Å²) in [4.78, 5) is 18.3. The highest BCUT2D eigenvalue weighted by Crippen LogP contribution is 2.39. The number of esters is 1. The molecule has 3 heterocycles. The fraction of sp³-hybridized carbons (Fsp3) is 0.227. The Hall–Kier alpha value is -3.23. The van der Waals surface area contributed by atoms with E-state index in [4.69, 9.17) is 17.0 Å². The predicted molar refractivity (Wildman–Crippen MR) is 116 cm³/mol. The highest BCUT2D eigenvalue weighted by atomic mass is 32.1. The number of hydrogen-bond acceptors (Lipinski definition) is 5. The Morgan fingerprint density at radius 2 is 2.00 bits per heavy atom. The zero-order valence-corrected chi connectivity index (χ0v) is 17.2. The zero-order chi connectivity index (χ0) is 21.1. The van der Waals surface area contributed by atoms with Crippen LogP contribution in [0.5, 0.6) is 0 Å². The number of aliphatic hydroxyl groups is 1. The molecule has 2 atom stereocenters. The van der Waals surface area contributed by atoms with E-state index in [0.29, 0.717) is 17.2 Å². The van der Waals surface area contributed by atoms with Crippen molar-refractivity contribution in [3.8, 4) is 5.69 Å². The fourth-order valence-electron chi connectivity index (χ4n) is 3.82. The molecule has 0 radical (unpaired) electrons. The minimum atomic E-state index is -0.371. The number of ether oxygens (including phenoxy) is 1. The van der Waals surface area contributed by atoms with Crippen LogP contribution in [0.1, 0.15) is 33.8 Å². The minimum Gasteiger partial charge on any atom is -0.465 e. The van der Waals surface area contributed by atoms with Gasteiger partial charge in [-0.15, -0.1) is 0 Å². The van der Waals surface area contributed by atoms with Crippen LogP contribution in [0.25, 0.3) is 5.69 Å². The third-order valence-electron chi connectivity index (χ3n) is 5.19. The molecular weight excluding hydrogens is 400 g/mol. The maximum Gasteiger partial charge on any atom is 0.337 e. The number of pyridine rings is 1. The topological polar surface area (TPSA) is 79.6 Å². The molecule has 0 saturated carbocycles. The number of benzene rings is 1. The number of β-amino-alcohol motifs (C(OH)–C–C–N with tert-alkyl or cyclic N) is 1. The summed E-state index contributed by atoms with van der Waals surface area (Å²) in [7, 11) is 1.36. The summed E-state index contributed by atoms with van der Waals surface area (Å²) in [5, 5.41) is 13.6. The summed E-state index contributed by atoms with van der Waals surface area (Å²) in [5.41, 5.74) is 3.27. The highest BCUT2D eigenvalue weighted by molar-refractivity contribution is 7.80. The summed E-state index contributed by atoms with van der Waals surface area (Å²) < 4.78 is 6.84. The van der Waals surface area contributed by atoms with Gasteiger partial charge < -0.3 is 24.6 Å². The second-order valence-corrected chi connectivity index (χ2v) is 7.27. The number of rotatable bonds is 6. The molecule has 0 spiro atoms. The Morgan fingerprint density at radius 1 is 1.20 bits per heavy atom. The first-order valence-electron chi connectivity index (χ1n) is 9.59. The lowest BCUT2D eigenvalue weighted by atomic mass is 10.0. The molecule has 2 aromatic heterocycles. The van der Waals surface area contributed by atoms with E-state index in [1.807, 2.05) is 53.6 Å². The number of carbonyl (C=O) groups is 1. The number of aromatic nitrogens is 2. The van der Waals surface area contributed by atoms with Crippen LogP contribution >= 0.6 is 12.2 Å². The van der Waals surface area contributed by atoms with Crippen molar-refractivity contribution in [3.05, 3.63) is 83.9 Å². The van der Waals surface area contributed by atoms with E-state index < -0.39 is 0 Å². The largest absolute Gasteiger partial charge is 0.465 e. The standard InChI is InChI=1S/C22H22N4O3S/c1-29-21(28)15-7-9-16(10-8-15)25-12-4-6-18(25)20-19(17-5-2-3-11-23-17)24-22(30)26(20)13-14-27/h2-12,19-20,27H,13-14H2,1H3,(H,24,30)/t19-,20-/m0/s1.